The highest BCUT2D eigenvalue weighted by Crippen LogP contribution is 2.39. The summed E-state index contributed by atoms with van der Waals surface area (Å²) in [5.41, 5.74) is 3.65. The molecule has 3 heteroatoms. The van der Waals surface area contributed by atoms with Gasteiger partial charge in [0.15, 0.2) is 6.69 Å². The standard InChI is InChI=1S/C17H17BrNSi/c1-12-10-14(20(2,3)18)11-16(12)15-8-4-6-13-7-5-9-19-17(13)15/h4-11H,1-3H3. The number of fused-ring (bicyclic) bond motifs is 1. The fraction of sp³-hybridized carbons (Fsp3) is 0.176. The van der Waals surface area contributed by atoms with E-state index in [1.54, 1.807) is 0 Å². The van der Waals surface area contributed by atoms with E-state index in [4.69, 9.17) is 0 Å². The van der Waals surface area contributed by atoms with E-state index in [1.165, 1.54) is 27.6 Å². The predicted molar refractivity (Wildman–Crippen MR) is 92.3 cm³/mol. The van der Waals surface area contributed by atoms with Crippen molar-refractivity contribution in [3.05, 3.63) is 70.9 Å². The number of hydrogen-bond donors (Lipinski definition) is 0. The molecule has 2 aromatic rings. The van der Waals surface area contributed by atoms with E-state index in [9.17, 15) is 0 Å². The lowest BCUT2D eigenvalue weighted by Gasteiger charge is -2.14. The lowest BCUT2D eigenvalue weighted by Crippen LogP contribution is -2.17. The van der Waals surface area contributed by atoms with Gasteiger partial charge in [-0.15, -0.1) is 15.3 Å². The molecule has 0 saturated carbocycles. The Morgan fingerprint density at radius 3 is 2.50 bits per heavy atom. The fourth-order valence-electron chi connectivity index (χ4n) is 2.58. The van der Waals surface area contributed by atoms with E-state index in [1.807, 2.05) is 12.3 Å². The smallest absolute Gasteiger partial charge is 0.154 e. The van der Waals surface area contributed by atoms with E-state index < -0.39 is 6.69 Å². The predicted octanol–water partition coefficient (Wildman–Crippen LogP) is 5.18. The number of benzene rings is 1. The quantitative estimate of drug-likeness (QED) is 0.541. The number of para-hydroxylation sites is 1. The summed E-state index contributed by atoms with van der Waals surface area (Å²) in [6.45, 7) is 5.36. The Hall–Kier alpha value is -1.19. The third-order valence-electron chi connectivity index (χ3n) is 3.71. The first-order chi connectivity index (χ1) is 9.47. The average molecular weight is 343 g/mol. The molecule has 0 bridgehead atoms. The molecule has 0 unspecified atom stereocenters. The van der Waals surface area contributed by atoms with Crippen LogP contribution in [0.2, 0.25) is 13.1 Å². The van der Waals surface area contributed by atoms with Gasteiger partial charge in [0.25, 0.3) is 0 Å². The summed E-state index contributed by atoms with van der Waals surface area (Å²) < 4.78 is 0. The largest absolute Gasteiger partial charge is 0.256 e. The Balaban J connectivity index is 2.14. The summed E-state index contributed by atoms with van der Waals surface area (Å²) in [6, 6.07) is 10.5. The van der Waals surface area contributed by atoms with Crippen molar-refractivity contribution >= 4 is 32.9 Å². The minimum atomic E-state index is -1.45. The molecule has 0 saturated heterocycles. The number of rotatable bonds is 2. The molecule has 0 atom stereocenters. The second kappa shape index (κ2) is 4.97. The van der Waals surface area contributed by atoms with Crippen LogP contribution < -0.4 is 0 Å². The maximum absolute atomic E-state index is 4.57. The molecular formula is C17H17BrNSi. The van der Waals surface area contributed by atoms with Crippen LogP contribution >= 0.6 is 15.3 Å². The number of nitrogens with zero attached hydrogens (tertiary/aromatic N) is 1. The molecule has 1 radical (unpaired) electrons. The molecule has 101 valence electrons. The summed E-state index contributed by atoms with van der Waals surface area (Å²) in [5, 5.41) is 2.64. The maximum atomic E-state index is 4.57. The topological polar surface area (TPSA) is 12.9 Å². The Kier molecular flexibility index (Phi) is 3.42. The van der Waals surface area contributed by atoms with Crippen LogP contribution in [0.25, 0.3) is 10.9 Å². The second-order valence-corrected chi connectivity index (χ2v) is 15.2. The highest BCUT2D eigenvalue weighted by molar-refractivity contribution is 9.26. The molecule has 20 heavy (non-hydrogen) atoms. The lowest BCUT2D eigenvalue weighted by molar-refractivity contribution is 1.26. The lowest BCUT2D eigenvalue weighted by atomic mass is 9.93. The fourth-order valence-corrected chi connectivity index (χ4v) is 4.31. The molecule has 1 aliphatic carbocycles. The van der Waals surface area contributed by atoms with Crippen molar-refractivity contribution in [1.29, 1.82) is 0 Å². The van der Waals surface area contributed by atoms with Crippen molar-refractivity contribution in [3.8, 4) is 0 Å². The summed E-state index contributed by atoms with van der Waals surface area (Å²) >= 11 is 3.88. The van der Waals surface area contributed by atoms with E-state index in [2.05, 4.69) is 76.7 Å². The van der Waals surface area contributed by atoms with Crippen LogP contribution in [-0.2, 0) is 0 Å². The normalized spacial score (nSPS) is 16.4. The molecular weight excluding hydrogens is 326 g/mol. The zero-order chi connectivity index (χ0) is 14.3. The summed E-state index contributed by atoms with van der Waals surface area (Å²) in [4.78, 5) is 4.57. The van der Waals surface area contributed by atoms with Gasteiger partial charge in [-0.2, -0.15) is 0 Å². The first-order valence-corrected chi connectivity index (χ1v) is 12.0. The summed E-state index contributed by atoms with van der Waals surface area (Å²) in [7, 11) is 0. The van der Waals surface area contributed by atoms with Crippen molar-refractivity contribution in [2.45, 2.75) is 20.0 Å². The molecule has 3 rings (SSSR count). The SMILES string of the molecule is CC1=CC([Si](C)(C)Br)=C[C]1c1cccc2cccnc12. The molecule has 0 N–H and O–H groups in total. The molecule has 1 nitrogen and oxygen atoms in total. The zero-order valence-electron chi connectivity index (χ0n) is 11.9. The van der Waals surface area contributed by atoms with Gasteiger partial charge in [-0.1, -0.05) is 60.3 Å². The number of allylic oxidation sites excluding steroid dienone is 4. The number of aromatic nitrogens is 1. The van der Waals surface area contributed by atoms with Crippen LogP contribution in [0.4, 0.5) is 0 Å². The zero-order valence-corrected chi connectivity index (χ0v) is 14.5. The molecule has 0 aliphatic heterocycles. The van der Waals surface area contributed by atoms with Gasteiger partial charge >= 0.3 is 0 Å². The van der Waals surface area contributed by atoms with Gasteiger partial charge in [0, 0.05) is 11.6 Å². The van der Waals surface area contributed by atoms with E-state index in [0.29, 0.717) is 0 Å². The number of hydrogen-bond acceptors (Lipinski definition) is 1. The van der Waals surface area contributed by atoms with Gasteiger partial charge in [-0.25, -0.2) is 0 Å². The molecule has 1 heterocycles. The molecule has 0 amide bonds. The van der Waals surface area contributed by atoms with E-state index >= 15 is 0 Å². The first-order valence-electron chi connectivity index (χ1n) is 6.77. The second-order valence-electron chi connectivity index (χ2n) is 5.69. The summed E-state index contributed by atoms with van der Waals surface area (Å²) in [5.74, 6) is 1.31. The van der Waals surface area contributed by atoms with Gasteiger partial charge in [0.05, 0.1) is 11.4 Å². The van der Waals surface area contributed by atoms with Crippen LogP contribution in [0.5, 0.6) is 0 Å². The summed E-state index contributed by atoms with van der Waals surface area (Å²) in [6.07, 6.45) is 6.52. The molecule has 0 fully saturated rings. The van der Waals surface area contributed by atoms with Crippen LogP contribution in [0.1, 0.15) is 12.5 Å². The van der Waals surface area contributed by atoms with Crippen molar-refractivity contribution in [1.82, 2.24) is 4.98 Å². The van der Waals surface area contributed by atoms with Gasteiger partial charge in [0.2, 0.25) is 0 Å². The van der Waals surface area contributed by atoms with Crippen LogP contribution in [-0.4, -0.2) is 11.7 Å². The minimum absolute atomic E-state index is 1.09. The number of pyridine rings is 1. The maximum Gasteiger partial charge on any atom is 0.154 e. The molecule has 1 aromatic heterocycles. The Morgan fingerprint density at radius 2 is 1.80 bits per heavy atom. The highest BCUT2D eigenvalue weighted by atomic mass is 79.9. The van der Waals surface area contributed by atoms with Crippen LogP contribution in [0, 0.1) is 5.92 Å². The van der Waals surface area contributed by atoms with E-state index in [0.717, 1.165) is 5.52 Å². The van der Waals surface area contributed by atoms with E-state index in [-0.39, 0.29) is 0 Å². The van der Waals surface area contributed by atoms with Gasteiger partial charge in [-0.3, -0.25) is 4.98 Å². The third kappa shape index (κ3) is 2.40. The van der Waals surface area contributed by atoms with Crippen molar-refractivity contribution in [2.24, 2.45) is 0 Å². The molecule has 1 aliphatic rings. The van der Waals surface area contributed by atoms with Crippen LogP contribution in [0.3, 0.4) is 0 Å². The molecule has 1 aromatic carbocycles. The third-order valence-corrected chi connectivity index (χ3v) is 6.74. The average Bonchev–Trinajstić information content (AvgIpc) is 2.80. The minimum Gasteiger partial charge on any atom is -0.256 e. The van der Waals surface area contributed by atoms with Gasteiger partial charge in [0.1, 0.15) is 0 Å². The number of halogens is 1. The highest BCUT2D eigenvalue weighted by Gasteiger charge is 2.28. The molecule has 0 spiro atoms. The van der Waals surface area contributed by atoms with Crippen LogP contribution in [0.15, 0.2) is 59.5 Å². The van der Waals surface area contributed by atoms with Crippen molar-refractivity contribution in [3.63, 3.8) is 0 Å². The van der Waals surface area contributed by atoms with Crippen molar-refractivity contribution < 1.29 is 0 Å². The van der Waals surface area contributed by atoms with Gasteiger partial charge < -0.3 is 0 Å². The Morgan fingerprint density at radius 1 is 1.05 bits per heavy atom. The monoisotopic (exact) mass is 342 g/mol. The van der Waals surface area contributed by atoms with Gasteiger partial charge in [-0.05, 0) is 18.6 Å². The first kappa shape index (κ1) is 13.8. The Labute approximate surface area is 129 Å². The Bertz CT molecular complexity index is 720. The van der Waals surface area contributed by atoms with Crippen molar-refractivity contribution in [2.75, 3.05) is 0 Å².